The van der Waals surface area contributed by atoms with Crippen LogP contribution in [-0.2, 0) is 17.9 Å². The quantitative estimate of drug-likeness (QED) is 0.414. The molecule has 0 aliphatic heterocycles. The summed E-state index contributed by atoms with van der Waals surface area (Å²) in [7, 11) is 0. The summed E-state index contributed by atoms with van der Waals surface area (Å²) in [5, 5.41) is 0.879. The number of carbonyl (C=O) groups is 2. The van der Waals surface area contributed by atoms with Crippen molar-refractivity contribution >= 4 is 34.9 Å². The molecule has 1 unspecified atom stereocenters. The van der Waals surface area contributed by atoms with Crippen LogP contribution in [0, 0.1) is 0 Å². The first-order chi connectivity index (χ1) is 14.8. The minimum absolute atomic E-state index is 0.0687. The molecule has 1 heterocycles. The molecule has 1 atom stereocenters. The third kappa shape index (κ3) is 6.29. The van der Waals surface area contributed by atoms with Crippen molar-refractivity contribution in [3.05, 3.63) is 93.7 Å². The van der Waals surface area contributed by atoms with Crippen molar-refractivity contribution in [1.82, 2.24) is 9.88 Å². The van der Waals surface area contributed by atoms with Crippen molar-refractivity contribution in [1.29, 1.82) is 0 Å². The highest BCUT2D eigenvalue weighted by atomic mass is 35.5. The maximum absolute atomic E-state index is 13.3. The van der Waals surface area contributed by atoms with E-state index in [2.05, 4.69) is 4.98 Å². The van der Waals surface area contributed by atoms with Gasteiger partial charge in [0.2, 0.25) is 0 Å². The second-order valence-electron chi connectivity index (χ2n) is 7.11. The zero-order chi connectivity index (χ0) is 22.4. The van der Waals surface area contributed by atoms with Crippen LogP contribution in [-0.4, -0.2) is 27.7 Å². The van der Waals surface area contributed by atoms with Gasteiger partial charge in [0.1, 0.15) is 5.75 Å². The normalized spacial score (nSPS) is 11.6. The Morgan fingerprint density at radius 1 is 1.00 bits per heavy atom. The van der Waals surface area contributed by atoms with Crippen LogP contribution in [0.5, 0.6) is 5.75 Å². The molecular formula is C24H22Cl2N2O3. The smallest absolute Gasteiger partial charge is 0.263 e. The number of carbonyl (C=O) groups excluding carboxylic acids is 2. The molecule has 0 saturated carbocycles. The largest absolute Gasteiger partial charge is 0.481 e. The van der Waals surface area contributed by atoms with E-state index in [0.717, 1.165) is 11.3 Å². The maximum Gasteiger partial charge on any atom is 0.263 e. The Kier molecular flexibility index (Phi) is 7.66. The fraction of sp³-hybridized carbons (Fsp3) is 0.208. The number of benzene rings is 2. The minimum Gasteiger partial charge on any atom is -0.481 e. The molecule has 0 saturated heterocycles. The van der Waals surface area contributed by atoms with Crippen LogP contribution >= 0.6 is 23.2 Å². The Hall–Kier alpha value is -2.89. The lowest BCUT2D eigenvalue weighted by molar-refractivity contribution is -0.139. The van der Waals surface area contributed by atoms with Crippen LogP contribution in [0.1, 0.15) is 35.5 Å². The lowest BCUT2D eigenvalue weighted by atomic mass is 10.1. The first-order valence-corrected chi connectivity index (χ1v) is 10.5. The standard InChI is InChI=1S/C24H22Cl2N2O3/c1-16(29)19-6-5-8-21(13-19)31-17(2)24(30)28(15-20-7-3-4-11-27-20)14-18-9-10-22(25)23(26)12-18/h3-13,17H,14-15H2,1-2H3. The molecule has 3 aromatic rings. The van der Waals surface area contributed by atoms with E-state index in [4.69, 9.17) is 27.9 Å². The number of nitrogens with zero attached hydrogens (tertiary/aromatic N) is 2. The van der Waals surface area contributed by atoms with Gasteiger partial charge in [-0.25, -0.2) is 0 Å². The molecule has 0 bridgehead atoms. The van der Waals surface area contributed by atoms with E-state index in [1.54, 1.807) is 54.4 Å². The molecular weight excluding hydrogens is 435 g/mol. The first kappa shape index (κ1) is 22.8. The molecule has 31 heavy (non-hydrogen) atoms. The number of rotatable bonds is 8. The van der Waals surface area contributed by atoms with Crippen LogP contribution in [0.25, 0.3) is 0 Å². The molecule has 7 heteroatoms. The van der Waals surface area contributed by atoms with Crippen LogP contribution < -0.4 is 4.74 Å². The van der Waals surface area contributed by atoms with Gasteiger partial charge in [-0.2, -0.15) is 0 Å². The molecule has 0 spiro atoms. The van der Waals surface area contributed by atoms with Gasteiger partial charge >= 0.3 is 0 Å². The van der Waals surface area contributed by atoms with E-state index in [9.17, 15) is 9.59 Å². The van der Waals surface area contributed by atoms with Crippen molar-refractivity contribution < 1.29 is 14.3 Å². The van der Waals surface area contributed by atoms with E-state index in [0.29, 0.717) is 34.4 Å². The number of amides is 1. The van der Waals surface area contributed by atoms with Gasteiger partial charge in [-0.1, -0.05) is 47.5 Å². The molecule has 1 amide bonds. The Balaban J connectivity index is 1.81. The number of aromatic nitrogens is 1. The lowest BCUT2D eigenvalue weighted by Gasteiger charge is -2.26. The van der Waals surface area contributed by atoms with Crippen molar-refractivity contribution in [2.75, 3.05) is 0 Å². The molecule has 0 N–H and O–H groups in total. The van der Waals surface area contributed by atoms with Gasteiger partial charge in [-0.3, -0.25) is 14.6 Å². The van der Waals surface area contributed by atoms with Crippen LogP contribution in [0.3, 0.4) is 0 Å². The summed E-state index contributed by atoms with van der Waals surface area (Å²) in [6.07, 6.45) is 0.915. The zero-order valence-electron chi connectivity index (χ0n) is 17.2. The van der Waals surface area contributed by atoms with Gasteiger partial charge in [0.05, 0.1) is 22.3 Å². The van der Waals surface area contributed by atoms with Crippen molar-refractivity contribution in [2.24, 2.45) is 0 Å². The summed E-state index contributed by atoms with van der Waals surface area (Å²) in [4.78, 5) is 30.9. The molecule has 0 aliphatic rings. The number of Topliss-reactive ketones (excluding diaryl/α,β-unsaturated/α-hetero) is 1. The summed E-state index contributed by atoms with van der Waals surface area (Å²) in [5.74, 6) is 0.173. The molecule has 0 radical (unpaired) electrons. The summed E-state index contributed by atoms with van der Waals surface area (Å²) in [6, 6.07) is 17.6. The lowest BCUT2D eigenvalue weighted by Crippen LogP contribution is -2.39. The number of hydrogen-bond acceptors (Lipinski definition) is 4. The molecule has 0 fully saturated rings. The third-order valence-electron chi connectivity index (χ3n) is 4.65. The molecule has 5 nitrogen and oxygen atoms in total. The number of ether oxygens (including phenoxy) is 1. The number of halogens is 2. The Morgan fingerprint density at radius 2 is 1.81 bits per heavy atom. The third-order valence-corrected chi connectivity index (χ3v) is 5.39. The predicted octanol–water partition coefficient (Wildman–Crippen LogP) is 5.59. The second-order valence-corrected chi connectivity index (χ2v) is 7.92. The summed E-state index contributed by atoms with van der Waals surface area (Å²) in [6.45, 7) is 3.79. The predicted molar refractivity (Wildman–Crippen MR) is 121 cm³/mol. The van der Waals surface area contributed by atoms with Crippen LogP contribution in [0.15, 0.2) is 66.9 Å². The first-order valence-electron chi connectivity index (χ1n) is 9.74. The highest BCUT2D eigenvalue weighted by Crippen LogP contribution is 2.24. The summed E-state index contributed by atoms with van der Waals surface area (Å²) < 4.78 is 5.86. The van der Waals surface area contributed by atoms with Gasteiger partial charge in [0, 0.05) is 18.3 Å². The Morgan fingerprint density at radius 3 is 2.48 bits per heavy atom. The minimum atomic E-state index is -0.770. The summed E-state index contributed by atoms with van der Waals surface area (Å²) >= 11 is 12.2. The SMILES string of the molecule is CC(=O)c1cccc(OC(C)C(=O)N(Cc2ccc(Cl)c(Cl)c2)Cc2ccccn2)c1. The Labute approximate surface area is 191 Å². The molecule has 1 aromatic heterocycles. The highest BCUT2D eigenvalue weighted by molar-refractivity contribution is 6.42. The fourth-order valence-corrected chi connectivity index (χ4v) is 3.38. The monoisotopic (exact) mass is 456 g/mol. The van der Waals surface area contributed by atoms with E-state index in [-0.39, 0.29) is 11.7 Å². The van der Waals surface area contributed by atoms with E-state index < -0.39 is 6.10 Å². The molecule has 2 aromatic carbocycles. The molecule has 160 valence electrons. The van der Waals surface area contributed by atoms with E-state index in [1.807, 2.05) is 24.3 Å². The number of ketones is 1. The number of pyridine rings is 1. The topological polar surface area (TPSA) is 59.5 Å². The van der Waals surface area contributed by atoms with Gasteiger partial charge in [-0.05, 0) is 55.8 Å². The average molecular weight is 457 g/mol. The highest BCUT2D eigenvalue weighted by Gasteiger charge is 2.23. The van der Waals surface area contributed by atoms with Gasteiger partial charge in [-0.15, -0.1) is 0 Å². The van der Waals surface area contributed by atoms with Crippen molar-refractivity contribution in [2.45, 2.75) is 33.0 Å². The van der Waals surface area contributed by atoms with E-state index in [1.165, 1.54) is 6.92 Å². The number of hydrogen-bond donors (Lipinski definition) is 0. The van der Waals surface area contributed by atoms with Crippen LogP contribution in [0.2, 0.25) is 10.0 Å². The van der Waals surface area contributed by atoms with Gasteiger partial charge in [0.25, 0.3) is 5.91 Å². The molecule has 3 rings (SSSR count). The van der Waals surface area contributed by atoms with E-state index >= 15 is 0 Å². The summed E-state index contributed by atoms with van der Waals surface area (Å²) in [5.41, 5.74) is 2.12. The fourth-order valence-electron chi connectivity index (χ4n) is 3.06. The maximum atomic E-state index is 13.3. The average Bonchev–Trinajstić information content (AvgIpc) is 2.76. The second kappa shape index (κ2) is 10.4. The van der Waals surface area contributed by atoms with Gasteiger partial charge in [0.15, 0.2) is 11.9 Å². The van der Waals surface area contributed by atoms with Crippen LogP contribution in [0.4, 0.5) is 0 Å². The van der Waals surface area contributed by atoms with Crippen molar-refractivity contribution in [3.63, 3.8) is 0 Å². The zero-order valence-corrected chi connectivity index (χ0v) is 18.7. The van der Waals surface area contributed by atoms with Crippen molar-refractivity contribution in [3.8, 4) is 5.75 Å². The Bertz CT molecular complexity index is 1070. The molecule has 0 aliphatic carbocycles. The van der Waals surface area contributed by atoms with Gasteiger partial charge < -0.3 is 9.64 Å².